The van der Waals surface area contributed by atoms with Crippen LogP contribution in [0, 0.1) is 12.7 Å². The van der Waals surface area contributed by atoms with Crippen LogP contribution < -0.4 is 5.32 Å². The third-order valence-corrected chi connectivity index (χ3v) is 5.36. The van der Waals surface area contributed by atoms with Crippen LogP contribution in [0.2, 0.25) is 0 Å². The normalized spacial score (nSPS) is 17.5. The predicted octanol–water partition coefficient (Wildman–Crippen LogP) is 3.15. The van der Waals surface area contributed by atoms with Gasteiger partial charge in [0.1, 0.15) is 11.5 Å². The molecule has 1 unspecified atom stereocenters. The summed E-state index contributed by atoms with van der Waals surface area (Å²) in [4.78, 5) is 26.4. The number of piperidine rings is 1. The summed E-state index contributed by atoms with van der Waals surface area (Å²) in [6, 6.07) is 4.76. The van der Waals surface area contributed by atoms with Gasteiger partial charge in [-0.15, -0.1) is 0 Å². The molecule has 2 heterocycles. The van der Waals surface area contributed by atoms with E-state index in [0.29, 0.717) is 12.2 Å². The van der Waals surface area contributed by atoms with Gasteiger partial charge in [-0.3, -0.25) is 9.59 Å². The SMILES string of the molecule is CC(=O)NCCC1CCCCN1C(=O)c1c(C)c2cc(F)ccc2n1C. The van der Waals surface area contributed by atoms with Gasteiger partial charge in [-0.1, -0.05) is 0 Å². The van der Waals surface area contributed by atoms with Gasteiger partial charge in [0.15, 0.2) is 0 Å². The second-order valence-electron chi connectivity index (χ2n) is 7.11. The van der Waals surface area contributed by atoms with Gasteiger partial charge in [0.25, 0.3) is 5.91 Å². The smallest absolute Gasteiger partial charge is 0.271 e. The van der Waals surface area contributed by atoms with E-state index in [1.807, 2.05) is 23.4 Å². The van der Waals surface area contributed by atoms with E-state index >= 15 is 0 Å². The molecule has 1 aromatic heterocycles. The zero-order valence-electron chi connectivity index (χ0n) is 15.6. The van der Waals surface area contributed by atoms with E-state index < -0.39 is 0 Å². The van der Waals surface area contributed by atoms with Crippen molar-refractivity contribution in [2.45, 2.75) is 45.6 Å². The van der Waals surface area contributed by atoms with Crippen molar-refractivity contribution >= 4 is 22.7 Å². The van der Waals surface area contributed by atoms with Crippen molar-refractivity contribution in [2.75, 3.05) is 13.1 Å². The maximum atomic E-state index is 13.6. The maximum absolute atomic E-state index is 13.6. The monoisotopic (exact) mass is 359 g/mol. The van der Waals surface area contributed by atoms with Gasteiger partial charge in [-0.25, -0.2) is 4.39 Å². The van der Waals surface area contributed by atoms with Crippen LogP contribution in [0.15, 0.2) is 18.2 Å². The molecule has 26 heavy (non-hydrogen) atoms. The zero-order chi connectivity index (χ0) is 18.8. The molecule has 0 saturated carbocycles. The molecular formula is C20H26FN3O2. The molecule has 1 aliphatic heterocycles. The van der Waals surface area contributed by atoms with E-state index in [4.69, 9.17) is 0 Å². The lowest BCUT2D eigenvalue weighted by Crippen LogP contribution is -2.45. The molecule has 2 amide bonds. The van der Waals surface area contributed by atoms with Gasteiger partial charge in [0.2, 0.25) is 5.91 Å². The largest absolute Gasteiger partial charge is 0.356 e. The minimum absolute atomic E-state index is 0.00543. The molecule has 3 rings (SSSR count). The molecule has 2 aromatic rings. The summed E-state index contributed by atoms with van der Waals surface area (Å²) in [5, 5.41) is 3.60. The highest BCUT2D eigenvalue weighted by atomic mass is 19.1. The highest BCUT2D eigenvalue weighted by Gasteiger charge is 2.30. The number of aryl methyl sites for hydroxylation is 2. The van der Waals surface area contributed by atoms with Crippen LogP contribution >= 0.6 is 0 Å². The Morgan fingerprint density at radius 3 is 2.81 bits per heavy atom. The first kappa shape index (κ1) is 18.4. The number of hydrogen-bond donors (Lipinski definition) is 1. The number of benzene rings is 1. The van der Waals surface area contributed by atoms with Crippen LogP contribution in [-0.4, -0.2) is 40.4 Å². The van der Waals surface area contributed by atoms with Crippen LogP contribution in [0.25, 0.3) is 10.9 Å². The molecule has 140 valence electrons. The van der Waals surface area contributed by atoms with Crippen LogP contribution in [-0.2, 0) is 11.8 Å². The summed E-state index contributed by atoms with van der Waals surface area (Å²) in [5.74, 6) is -0.351. The second-order valence-corrected chi connectivity index (χ2v) is 7.11. The first-order valence-corrected chi connectivity index (χ1v) is 9.20. The fourth-order valence-corrected chi connectivity index (χ4v) is 4.02. The Kier molecular flexibility index (Phi) is 5.30. The number of rotatable bonds is 4. The van der Waals surface area contributed by atoms with Gasteiger partial charge in [0.05, 0.1) is 0 Å². The summed E-state index contributed by atoms with van der Waals surface area (Å²) < 4.78 is 15.5. The van der Waals surface area contributed by atoms with Crippen LogP contribution in [0.5, 0.6) is 0 Å². The van der Waals surface area contributed by atoms with E-state index in [-0.39, 0.29) is 23.7 Å². The number of aromatic nitrogens is 1. The van der Waals surface area contributed by atoms with E-state index in [1.165, 1.54) is 19.1 Å². The fraction of sp³-hybridized carbons (Fsp3) is 0.500. The molecule has 0 aliphatic carbocycles. The highest BCUT2D eigenvalue weighted by Crippen LogP contribution is 2.29. The predicted molar refractivity (Wildman–Crippen MR) is 99.6 cm³/mol. The van der Waals surface area contributed by atoms with Crippen molar-refractivity contribution in [1.82, 2.24) is 14.8 Å². The standard InChI is InChI=1S/C20H26FN3O2/c1-13-17-12-15(21)7-8-18(17)23(3)19(13)20(26)24-11-5-4-6-16(24)9-10-22-14(2)25/h7-8,12,16H,4-6,9-11H2,1-3H3,(H,22,25). The number of hydrogen-bond acceptors (Lipinski definition) is 2. The Hall–Kier alpha value is -2.37. The average Bonchev–Trinajstić information content (AvgIpc) is 2.85. The molecule has 5 nitrogen and oxygen atoms in total. The lowest BCUT2D eigenvalue weighted by Gasteiger charge is -2.36. The molecule has 1 aliphatic rings. The molecule has 1 atom stereocenters. The first-order chi connectivity index (χ1) is 12.4. The maximum Gasteiger partial charge on any atom is 0.271 e. The van der Waals surface area contributed by atoms with Crippen LogP contribution in [0.3, 0.4) is 0 Å². The zero-order valence-corrected chi connectivity index (χ0v) is 15.6. The number of nitrogens with one attached hydrogen (secondary N) is 1. The van der Waals surface area contributed by atoms with Crippen molar-refractivity contribution in [3.63, 3.8) is 0 Å². The third kappa shape index (κ3) is 3.45. The number of likely N-dealkylation sites (tertiary alicyclic amines) is 1. The Morgan fingerprint density at radius 1 is 1.31 bits per heavy atom. The Bertz CT molecular complexity index is 843. The molecule has 0 radical (unpaired) electrons. The molecule has 1 N–H and O–H groups in total. The van der Waals surface area contributed by atoms with Gasteiger partial charge >= 0.3 is 0 Å². The molecule has 1 aromatic carbocycles. The highest BCUT2D eigenvalue weighted by molar-refractivity contribution is 6.01. The van der Waals surface area contributed by atoms with E-state index in [0.717, 1.165) is 48.7 Å². The van der Waals surface area contributed by atoms with Gasteiger partial charge in [-0.2, -0.15) is 0 Å². The number of carbonyl (C=O) groups is 2. The molecule has 6 heteroatoms. The lowest BCUT2D eigenvalue weighted by atomic mass is 9.98. The minimum Gasteiger partial charge on any atom is -0.356 e. The van der Waals surface area contributed by atoms with Gasteiger partial charge < -0.3 is 14.8 Å². The van der Waals surface area contributed by atoms with Crippen molar-refractivity contribution < 1.29 is 14.0 Å². The summed E-state index contributed by atoms with van der Waals surface area (Å²) in [6.07, 6.45) is 3.78. The number of amides is 2. The van der Waals surface area contributed by atoms with Crippen molar-refractivity contribution in [2.24, 2.45) is 7.05 Å². The summed E-state index contributed by atoms with van der Waals surface area (Å²) in [7, 11) is 1.86. The molecule has 1 fully saturated rings. The second kappa shape index (κ2) is 7.48. The Labute approximate surface area is 153 Å². The molecular weight excluding hydrogens is 333 g/mol. The van der Waals surface area contributed by atoms with Crippen LogP contribution in [0.1, 0.15) is 48.7 Å². The van der Waals surface area contributed by atoms with E-state index in [1.54, 1.807) is 6.07 Å². The quantitative estimate of drug-likeness (QED) is 0.912. The number of fused-ring (bicyclic) bond motifs is 1. The topological polar surface area (TPSA) is 54.3 Å². The molecule has 0 bridgehead atoms. The molecule has 0 spiro atoms. The van der Waals surface area contributed by atoms with Crippen molar-refractivity contribution in [1.29, 1.82) is 0 Å². The summed E-state index contributed by atoms with van der Waals surface area (Å²) >= 11 is 0. The number of nitrogens with zero attached hydrogens (tertiary/aromatic N) is 2. The van der Waals surface area contributed by atoms with E-state index in [2.05, 4.69) is 5.32 Å². The van der Waals surface area contributed by atoms with Gasteiger partial charge in [0, 0.05) is 44.0 Å². The lowest BCUT2D eigenvalue weighted by molar-refractivity contribution is -0.119. The third-order valence-electron chi connectivity index (χ3n) is 5.36. The fourth-order valence-electron chi connectivity index (χ4n) is 4.02. The minimum atomic E-state index is -0.295. The van der Waals surface area contributed by atoms with E-state index in [9.17, 15) is 14.0 Å². The molecule has 1 saturated heterocycles. The van der Waals surface area contributed by atoms with Gasteiger partial charge in [-0.05, 0) is 56.4 Å². The van der Waals surface area contributed by atoms with Crippen molar-refractivity contribution in [3.8, 4) is 0 Å². The number of halogens is 1. The number of carbonyl (C=O) groups excluding carboxylic acids is 2. The van der Waals surface area contributed by atoms with Crippen molar-refractivity contribution in [3.05, 3.63) is 35.3 Å². The Morgan fingerprint density at radius 2 is 2.08 bits per heavy atom. The average molecular weight is 359 g/mol. The summed E-state index contributed by atoms with van der Waals surface area (Å²) in [6.45, 7) is 4.68. The Balaban J connectivity index is 1.89. The first-order valence-electron chi connectivity index (χ1n) is 9.20. The summed E-state index contributed by atoms with van der Waals surface area (Å²) in [5.41, 5.74) is 2.30. The van der Waals surface area contributed by atoms with Crippen LogP contribution in [0.4, 0.5) is 4.39 Å².